The maximum atomic E-state index is 11.4. The van der Waals surface area contributed by atoms with Gasteiger partial charge in [-0.15, -0.1) is 0 Å². The van der Waals surface area contributed by atoms with Crippen LogP contribution in [0.25, 0.3) is 0 Å². The molecule has 1 atom stereocenters. The van der Waals surface area contributed by atoms with E-state index in [4.69, 9.17) is 15.2 Å². The Labute approximate surface area is 114 Å². The standard InChI is InChI=1S/C12H15BrN2O3/c13-9-2-1-3-10(11(9)12(14)16)18-7-8-6-15-4-5-17-8/h1-3,8,15H,4-7H2,(H2,14,16). The lowest BCUT2D eigenvalue weighted by molar-refractivity contribution is 0.0000241. The van der Waals surface area contributed by atoms with Gasteiger partial charge in [0.2, 0.25) is 0 Å². The summed E-state index contributed by atoms with van der Waals surface area (Å²) in [6.45, 7) is 2.68. The van der Waals surface area contributed by atoms with E-state index in [-0.39, 0.29) is 6.10 Å². The van der Waals surface area contributed by atoms with Crippen LogP contribution in [0.4, 0.5) is 0 Å². The van der Waals surface area contributed by atoms with Crippen molar-refractivity contribution in [2.45, 2.75) is 6.10 Å². The molecule has 1 saturated heterocycles. The summed E-state index contributed by atoms with van der Waals surface area (Å²) in [6.07, 6.45) is -0.00143. The molecule has 3 N–H and O–H groups in total. The molecule has 0 spiro atoms. The fraction of sp³-hybridized carbons (Fsp3) is 0.417. The third kappa shape index (κ3) is 3.22. The summed E-state index contributed by atoms with van der Waals surface area (Å²) in [4.78, 5) is 11.4. The van der Waals surface area contributed by atoms with Gasteiger partial charge in [-0.25, -0.2) is 0 Å². The molecule has 0 aliphatic carbocycles. The number of ether oxygens (including phenoxy) is 2. The molecule has 1 aromatic rings. The fourth-order valence-electron chi connectivity index (χ4n) is 1.77. The lowest BCUT2D eigenvalue weighted by atomic mass is 10.2. The molecule has 2 rings (SSSR count). The van der Waals surface area contributed by atoms with E-state index in [1.165, 1.54) is 0 Å². The number of benzene rings is 1. The monoisotopic (exact) mass is 314 g/mol. The van der Waals surface area contributed by atoms with E-state index >= 15 is 0 Å². The first-order valence-electron chi connectivity index (χ1n) is 5.72. The number of hydrogen-bond donors (Lipinski definition) is 2. The van der Waals surface area contributed by atoms with Gasteiger partial charge < -0.3 is 20.5 Å². The Kier molecular flexibility index (Phi) is 4.57. The largest absolute Gasteiger partial charge is 0.490 e. The minimum absolute atomic E-state index is 0.00143. The Balaban J connectivity index is 2.04. The number of carbonyl (C=O) groups excluding carboxylic acids is 1. The predicted molar refractivity (Wildman–Crippen MR) is 70.8 cm³/mol. The van der Waals surface area contributed by atoms with Crippen LogP contribution in [-0.4, -0.2) is 38.3 Å². The highest BCUT2D eigenvalue weighted by molar-refractivity contribution is 9.10. The van der Waals surface area contributed by atoms with Crippen molar-refractivity contribution >= 4 is 21.8 Å². The lowest BCUT2D eigenvalue weighted by Gasteiger charge is -2.24. The van der Waals surface area contributed by atoms with Crippen molar-refractivity contribution in [3.05, 3.63) is 28.2 Å². The van der Waals surface area contributed by atoms with Gasteiger partial charge in [0.05, 0.1) is 12.2 Å². The van der Waals surface area contributed by atoms with Crippen molar-refractivity contribution in [2.24, 2.45) is 5.73 Å². The van der Waals surface area contributed by atoms with E-state index in [2.05, 4.69) is 21.2 Å². The first-order valence-corrected chi connectivity index (χ1v) is 6.51. The molecule has 1 aliphatic rings. The molecule has 0 radical (unpaired) electrons. The molecule has 1 unspecified atom stereocenters. The molecule has 0 bridgehead atoms. The summed E-state index contributed by atoms with van der Waals surface area (Å²) in [5.74, 6) is -0.0359. The normalized spacial score (nSPS) is 19.5. The molecule has 1 aromatic carbocycles. The number of amides is 1. The van der Waals surface area contributed by atoms with Gasteiger partial charge in [-0.2, -0.15) is 0 Å². The number of nitrogens with one attached hydrogen (secondary N) is 1. The minimum atomic E-state index is -0.514. The minimum Gasteiger partial charge on any atom is -0.490 e. The average molecular weight is 315 g/mol. The van der Waals surface area contributed by atoms with Crippen LogP contribution in [0.3, 0.4) is 0 Å². The molecule has 1 heterocycles. The van der Waals surface area contributed by atoms with E-state index in [1.54, 1.807) is 18.2 Å². The number of hydrogen-bond acceptors (Lipinski definition) is 4. The van der Waals surface area contributed by atoms with Crippen molar-refractivity contribution in [2.75, 3.05) is 26.3 Å². The number of nitrogens with two attached hydrogens (primary N) is 1. The second-order valence-electron chi connectivity index (χ2n) is 3.99. The van der Waals surface area contributed by atoms with Gasteiger partial charge in [0.15, 0.2) is 0 Å². The number of primary amides is 1. The van der Waals surface area contributed by atoms with Crippen LogP contribution in [0, 0.1) is 0 Å². The van der Waals surface area contributed by atoms with Gasteiger partial charge in [-0.3, -0.25) is 4.79 Å². The van der Waals surface area contributed by atoms with Crippen molar-refractivity contribution < 1.29 is 14.3 Å². The fourth-order valence-corrected chi connectivity index (χ4v) is 2.32. The van der Waals surface area contributed by atoms with Crippen LogP contribution >= 0.6 is 15.9 Å². The van der Waals surface area contributed by atoms with Crippen LogP contribution < -0.4 is 15.8 Å². The maximum Gasteiger partial charge on any atom is 0.253 e. The Morgan fingerprint density at radius 2 is 2.44 bits per heavy atom. The molecule has 1 aliphatic heterocycles. The van der Waals surface area contributed by atoms with E-state index in [9.17, 15) is 4.79 Å². The Bertz CT molecular complexity index is 433. The highest BCUT2D eigenvalue weighted by atomic mass is 79.9. The summed E-state index contributed by atoms with van der Waals surface area (Å²) >= 11 is 3.29. The zero-order valence-corrected chi connectivity index (χ0v) is 11.4. The number of rotatable bonds is 4. The zero-order valence-electron chi connectivity index (χ0n) is 9.82. The summed E-state index contributed by atoms with van der Waals surface area (Å²) in [5.41, 5.74) is 5.69. The van der Waals surface area contributed by atoms with Crippen LogP contribution in [0.2, 0.25) is 0 Å². The van der Waals surface area contributed by atoms with Gasteiger partial charge in [-0.05, 0) is 28.1 Å². The number of halogens is 1. The highest BCUT2D eigenvalue weighted by Gasteiger charge is 2.17. The van der Waals surface area contributed by atoms with Gasteiger partial charge in [0.1, 0.15) is 18.5 Å². The molecule has 0 aromatic heterocycles. The quantitative estimate of drug-likeness (QED) is 0.866. The summed E-state index contributed by atoms with van der Waals surface area (Å²) in [5, 5.41) is 3.21. The van der Waals surface area contributed by atoms with Crippen molar-refractivity contribution in [1.82, 2.24) is 5.32 Å². The third-order valence-electron chi connectivity index (χ3n) is 2.65. The Hall–Kier alpha value is -1.11. The molecule has 6 heteroatoms. The third-order valence-corrected chi connectivity index (χ3v) is 3.31. The van der Waals surface area contributed by atoms with Crippen molar-refractivity contribution in [3.8, 4) is 5.75 Å². The second-order valence-corrected chi connectivity index (χ2v) is 4.84. The van der Waals surface area contributed by atoms with E-state index < -0.39 is 5.91 Å². The molecule has 1 fully saturated rings. The van der Waals surface area contributed by atoms with E-state index in [1.807, 2.05) is 0 Å². The zero-order chi connectivity index (χ0) is 13.0. The van der Waals surface area contributed by atoms with Crippen LogP contribution in [0.15, 0.2) is 22.7 Å². The molecule has 5 nitrogen and oxygen atoms in total. The number of carbonyl (C=O) groups is 1. The molecule has 0 saturated carbocycles. The summed E-state index contributed by atoms with van der Waals surface area (Å²) in [7, 11) is 0. The second kappa shape index (κ2) is 6.17. The maximum absolute atomic E-state index is 11.4. The van der Waals surface area contributed by atoms with Gasteiger partial charge in [-0.1, -0.05) is 6.07 Å². The van der Waals surface area contributed by atoms with Gasteiger partial charge in [0, 0.05) is 17.6 Å². The smallest absolute Gasteiger partial charge is 0.253 e. The van der Waals surface area contributed by atoms with Crippen molar-refractivity contribution in [3.63, 3.8) is 0 Å². The van der Waals surface area contributed by atoms with E-state index in [0.717, 1.165) is 13.1 Å². The predicted octanol–water partition coefficient (Wildman–Crippen LogP) is 0.915. The first kappa shape index (κ1) is 13.3. The van der Waals surface area contributed by atoms with Gasteiger partial charge >= 0.3 is 0 Å². The highest BCUT2D eigenvalue weighted by Crippen LogP contribution is 2.26. The Morgan fingerprint density at radius 3 is 3.11 bits per heavy atom. The molecule has 18 heavy (non-hydrogen) atoms. The van der Waals surface area contributed by atoms with Crippen LogP contribution in [0.1, 0.15) is 10.4 Å². The number of morpholine rings is 1. The van der Waals surface area contributed by atoms with E-state index in [0.29, 0.717) is 29.0 Å². The topological polar surface area (TPSA) is 73.6 Å². The molecular formula is C12H15BrN2O3. The lowest BCUT2D eigenvalue weighted by Crippen LogP contribution is -2.41. The van der Waals surface area contributed by atoms with Crippen LogP contribution in [-0.2, 0) is 4.74 Å². The average Bonchev–Trinajstić information content (AvgIpc) is 2.37. The molecule has 1 amide bonds. The first-order chi connectivity index (χ1) is 8.68. The van der Waals surface area contributed by atoms with Crippen LogP contribution in [0.5, 0.6) is 5.75 Å². The molecular weight excluding hydrogens is 300 g/mol. The SMILES string of the molecule is NC(=O)c1c(Br)cccc1OCC1CNCCO1. The Morgan fingerprint density at radius 1 is 1.61 bits per heavy atom. The molecule has 98 valence electrons. The van der Waals surface area contributed by atoms with Crippen molar-refractivity contribution in [1.29, 1.82) is 0 Å². The summed E-state index contributed by atoms with van der Waals surface area (Å²) < 4.78 is 11.8. The summed E-state index contributed by atoms with van der Waals surface area (Å²) in [6, 6.07) is 5.28. The van der Waals surface area contributed by atoms with Gasteiger partial charge in [0.25, 0.3) is 5.91 Å².